The first kappa shape index (κ1) is 21.1. The van der Waals surface area contributed by atoms with E-state index in [0.717, 1.165) is 5.56 Å². The maximum atomic E-state index is 14.3. The molecule has 3 nitrogen and oxygen atoms in total. The zero-order valence-corrected chi connectivity index (χ0v) is 17.0. The fraction of sp³-hybridized carbons (Fsp3) is 0.240. The molecule has 1 aliphatic heterocycles. The molecule has 1 aliphatic rings. The molecule has 0 radical (unpaired) electrons. The SMILES string of the molecule is O=C(c1ccccc1F)N(c1ccc(F)cc1)C1CCN(Cc2cccc(F)c2)CC1. The van der Waals surface area contributed by atoms with Gasteiger partial charge in [-0.3, -0.25) is 9.69 Å². The molecule has 0 saturated carbocycles. The number of anilines is 1. The van der Waals surface area contributed by atoms with Crippen molar-refractivity contribution in [2.75, 3.05) is 18.0 Å². The number of amides is 1. The molecule has 0 aromatic heterocycles. The van der Waals surface area contributed by atoms with Crippen molar-refractivity contribution in [1.82, 2.24) is 4.90 Å². The first-order valence-electron chi connectivity index (χ1n) is 10.3. The molecule has 1 fully saturated rings. The van der Waals surface area contributed by atoms with Gasteiger partial charge in [-0.05, 0) is 66.9 Å². The number of piperidine rings is 1. The molecule has 3 aromatic carbocycles. The maximum Gasteiger partial charge on any atom is 0.261 e. The molecule has 0 aliphatic carbocycles. The van der Waals surface area contributed by atoms with Gasteiger partial charge in [-0.2, -0.15) is 0 Å². The third-order valence-corrected chi connectivity index (χ3v) is 5.65. The Morgan fingerprint density at radius 2 is 1.58 bits per heavy atom. The molecule has 6 heteroatoms. The van der Waals surface area contributed by atoms with E-state index in [1.165, 1.54) is 36.4 Å². The van der Waals surface area contributed by atoms with Crippen molar-refractivity contribution in [2.24, 2.45) is 0 Å². The van der Waals surface area contributed by atoms with Gasteiger partial charge in [-0.15, -0.1) is 0 Å². The zero-order chi connectivity index (χ0) is 21.8. The van der Waals surface area contributed by atoms with Crippen LogP contribution in [0, 0.1) is 17.5 Å². The molecule has 1 heterocycles. The zero-order valence-electron chi connectivity index (χ0n) is 17.0. The van der Waals surface area contributed by atoms with E-state index in [2.05, 4.69) is 4.90 Å². The first-order valence-corrected chi connectivity index (χ1v) is 10.3. The van der Waals surface area contributed by atoms with Crippen LogP contribution in [0.5, 0.6) is 0 Å². The second-order valence-electron chi connectivity index (χ2n) is 7.77. The molecule has 3 aromatic rings. The lowest BCUT2D eigenvalue weighted by Gasteiger charge is -2.38. The van der Waals surface area contributed by atoms with Crippen molar-refractivity contribution >= 4 is 11.6 Å². The summed E-state index contributed by atoms with van der Waals surface area (Å²) in [6.45, 7) is 2.05. The number of rotatable bonds is 5. The Labute approximate surface area is 179 Å². The van der Waals surface area contributed by atoms with E-state index in [1.54, 1.807) is 35.2 Å². The van der Waals surface area contributed by atoms with Crippen LogP contribution in [0.3, 0.4) is 0 Å². The van der Waals surface area contributed by atoms with Gasteiger partial charge < -0.3 is 4.90 Å². The first-order chi connectivity index (χ1) is 15.0. The number of benzene rings is 3. The summed E-state index contributed by atoms with van der Waals surface area (Å²) in [5, 5.41) is 0. The molecular weight excluding hydrogens is 401 g/mol. The molecular formula is C25H23F3N2O. The number of halogens is 3. The molecule has 160 valence electrons. The quantitative estimate of drug-likeness (QED) is 0.546. The van der Waals surface area contributed by atoms with E-state index in [9.17, 15) is 18.0 Å². The van der Waals surface area contributed by atoms with Crippen LogP contribution in [-0.2, 0) is 6.54 Å². The van der Waals surface area contributed by atoms with Gasteiger partial charge >= 0.3 is 0 Å². The fourth-order valence-electron chi connectivity index (χ4n) is 4.09. The third kappa shape index (κ3) is 4.97. The summed E-state index contributed by atoms with van der Waals surface area (Å²) in [7, 11) is 0. The number of hydrogen-bond donors (Lipinski definition) is 0. The van der Waals surface area contributed by atoms with Crippen LogP contribution in [0.15, 0.2) is 72.8 Å². The molecule has 0 atom stereocenters. The molecule has 0 spiro atoms. The van der Waals surface area contributed by atoms with Gasteiger partial charge in [-0.1, -0.05) is 24.3 Å². The summed E-state index contributed by atoms with van der Waals surface area (Å²) in [5.41, 5.74) is 1.43. The van der Waals surface area contributed by atoms with Crippen molar-refractivity contribution in [3.05, 3.63) is 101 Å². The second-order valence-corrected chi connectivity index (χ2v) is 7.77. The van der Waals surface area contributed by atoms with Gasteiger partial charge in [0.15, 0.2) is 0 Å². The predicted octanol–water partition coefficient (Wildman–Crippen LogP) is 5.42. The van der Waals surface area contributed by atoms with Crippen molar-refractivity contribution in [1.29, 1.82) is 0 Å². The number of hydrogen-bond acceptors (Lipinski definition) is 2. The maximum absolute atomic E-state index is 14.3. The summed E-state index contributed by atoms with van der Waals surface area (Å²) in [4.78, 5) is 17.1. The smallest absolute Gasteiger partial charge is 0.261 e. The summed E-state index contributed by atoms with van der Waals surface area (Å²) in [5.74, 6) is -1.67. The Balaban J connectivity index is 1.53. The van der Waals surface area contributed by atoms with Gasteiger partial charge in [-0.25, -0.2) is 13.2 Å². The highest BCUT2D eigenvalue weighted by Crippen LogP contribution is 2.27. The number of nitrogens with zero attached hydrogens (tertiary/aromatic N) is 2. The van der Waals surface area contributed by atoms with Crippen LogP contribution in [0.2, 0.25) is 0 Å². The molecule has 0 bridgehead atoms. The predicted molar refractivity (Wildman–Crippen MR) is 114 cm³/mol. The van der Waals surface area contributed by atoms with Crippen LogP contribution in [0.1, 0.15) is 28.8 Å². The Bertz CT molecular complexity index is 1050. The Hall–Kier alpha value is -3.12. The van der Waals surface area contributed by atoms with Crippen molar-refractivity contribution in [2.45, 2.75) is 25.4 Å². The Morgan fingerprint density at radius 3 is 2.26 bits per heavy atom. The number of likely N-dealkylation sites (tertiary alicyclic amines) is 1. The van der Waals surface area contributed by atoms with Crippen LogP contribution < -0.4 is 4.90 Å². The highest BCUT2D eigenvalue weighted by molar-refractivity contribution is 6.06. The Kier molecular flexibility index (Phi) is 6.37. The topological polar surface area (TPSA) is 23.6 Å². The van der Waals surface area contributed by atoms with Gasteiger partial charge in [0.2, 0.25) is 0 Å². The van der Waals surface area contributed by atoms with E-state index < -0.39 is 17.5 Å². The van der Waals surface area contributed by atoms with E-state index in [0.29, 0.717) is 38.2 Å². The summed E-state index contributed by atoms with van der Waals surface area (Å²) < 4.78 is 41.3. The van der Waals surface area contributed by atoms with E-state index >= 15 is 0 Å². The lowest BCUT2D eigenvalue weighted by atomic mass is 10.00. The molecule has 1 amide bonds. The Morgan fingerprint density at radius 1 is 0.871 bits per heavy atom. The fourth-order valence-corrected chi connectivity index (χ4v) is 4.09. The number of carbonyl (C=O) groups excluding carboxylic acids is 1. The van der Waals surface area contributed by atoms with Crippen molar-refractivity contribution in [3.8, 4) is 0 Å². The van der Waals surface area contributed by atoms with Crippen LogP contribution >= 0.6 is 0 Å². The third-order valence-electron chi connectivity index (χ3n) is 5.65. The lowest BCUT2D eigenvalue weighted by molar-refractivity contribution is 0.0954. The van der Waals surface area contributed by atoms with E-state index in [1.807, 2.05) is 6.07 Å². The monoisotopic (exact) mass is 424 g/mol. The standard InChI is InChI=1S/C25H23F3N2O/c26-19-8-10-21(11-9-19)30(25(31)23-6-1-2-7-24(23)28)22-12-14-29(15-13-22)17-18-4-3-5-20(27)16-18/h1-11,16,22H,12-15,17H2. The van der Waals surface area contributed by atoms with Gasteiger partial charge in [0, 0.05) is 31.4 Å². The average molecular weight is 424 g/mol. The second kappa shape index (κ2) is 9.35. The molecule has 4 rings (SSSR count). The average Bonchev–Trinajstić information content (AvgIpc) is 2.77. The molecule has 0 N–H and O–H groups in total. The minimum atomic E-state index is -0.580. The van der Waals surface area contributed by atoms with Crippen molar-refractivity contribution < 1.29 is 18.0 Å². The minimum absolute atomic E-state index is 0.00554. The summed E-state index contributed by atoms with van der Waals surface area (Å²) >= 11 is 0. The summed E-state index contributed by atoms with van der Waals surface area (Å²) in [6.07, 6.45) is 1.35. The van der Waals surface area contributed by atoms with Gasteiger partial charge in [0.25, 0.3) is 5.91 Å². The summed E-state index contributed by atoms with van der Waals surface area (Å²) in [6, 6.07) is 18.0. The minimum Gasteiger partial charge on any atom is -0.305 e. The van der Waals surface area contributed by atoms with Crippen LogP contribution in [0.25, 0.3) is 0 Å². The highest BCUT2D eigenvalue weighted by atomic mass is 19.1. The normalized spacial score (nSPS) is 15.1. The van der Waals surface area contributed by atoms with Gasteiger partial charge in [0.1, 0.15) is 17.5 Å². The largest absolute Gasteiger partial charge is 0.305 e. The molecule has 31 heavy (non-hydrogen) atoms. The highest BCUT2D eigenvalue weighted by Gasteiger charge is 2.31. The van der Waals surface area contributed by atoms with Gasteiger partial charge in [0.05, 0.1) is 5.56 Å². The van der Waals surface area contributed by atoms with Crippen LogP contribution in [0.4, 0.5) is 18.9 Å². The lowest BCUT2D eigenvalue weighted by Crippen LogP contribution is -2.47. The van der Waals surface area contributed by atoms with E-state index in [4.69, 9.17) is 0 Å². The molecule has 1 saturated heterocycles. The number of carbonyl (C=O) groups is 1. The molecule has 0 unspecified atom stereocenters. The van der Waals surface area contributed by atoms with Crippen LogP contribution in [-0.4, -0.2) is 29.9 Å². The van der Waals surface area contributed by atoms with Crippen molar-refractivity contribution in [3.63, 3.8) is 0 Å². The van der Waals surface area contributed by atoms with E-state index in [-0.39, 0.29) is 17.4 Å².